The molecule has 0 saturated heterocycles. The van der Waals surface area contributed by atoms with Crippen LogP contribution in [-0.2, 0) is 0 Å². The second-order valence-electron chi connectivity index (χ2n) is 2.05. The van der Waals surface area contributed by atoms with Crippen molar-refractivity contribution in [2.75, 3.05) is 0 Å². The molecule has 1 radical (unpaired) electrons. The van der Waals surface area contributed by atoms with E-state index in [1.54, 1.807) is 6.07 Å². The highest BCUT2D eigenvalue weighted by molar-refractivity contribution is 5.79. The quantitative estimate of drug-likeness (QED) is 0.353. The van der Waals surface area contributed by atoms with Gasteiger partial charge >= 0.3 is 0 Å². The van der Waals surface area contributed by atoms with E-state index in [1.165, 1.54) is 6.21 Å². The number of benzene rings is 1. The van der Waals surface area contributed by atoms with Gasteiger partial charge in [-0.15, -0.1) is 0 Å². The summed E-state index contributed by atoms with van der Waals surface area (Å²) >= 11 is 0. The van der Waals surface area contributed by atoms with Gasteiger partial charge in [-0.05, 0) is 30.2 Å². The Morgan fingerprint density at radius 3 is 3.10 bits per heavy atom. The minimum atomic E-state index is 0.888. The Hall–Kier alpha value is -1.31. The molecule has 0 spiro atoms. The Balaban J connectivity index is 2.95. The van der Waals surface area contributed by atoms with Crippen LogP contribution in [0.4, 0.5) is 0 Å². The fourth-order valence-electron chi connectivity index (χ4n) is 0.756. The molecule has 1 aromatic carbocycles. The molecule has 0 aliphatic rings. The summed E-state index contributed by atoms with van der Waals surface area (Å²) in [4.78, 5) is 0. The average molecular weight is 134 g/mol. The highest BCUT2D eigenvalue weighted by Crippen LogP contribution is 1.99. The van der Waals surface area contributed by atoms with Crippen LogP contribution < -0.4 is 0 Å². The van der Waals surface area contributed by atoms with Crippen molar-refractivity contribution in [1.82, 2.24) is 0 Å². The lowest BCUT2D eigenvalue weighted by Gasteiger charge is -1.91. The molecule has 1 rings (SSSR count). The van der Waals surface area contributed by atoms with Gasteiger partial charge in [0.25, 0.3) is 0 Å². The minimum Gasteiger partial charge on any atom is -0.411 e. The normalized spacial score (nSPS) is 10.5. The first kappa shape index (κ1) is 6.81. The van der Waals surface area contributed by atoms with Gasteiger partial charge in [0.05, 0.1) is 6.21 Å². The number of aryl methyl sites for hydroxylation is 1. The first-order valence-electron chi connectivity index (χ1n) is 2.98. The van der Waals surface area contributed by atoms with Crippen LogP contribution in [-0.4, -0.2) is 11.4 Å². The van der Waals surface area contributed by atoms with Crippen molar-refractivity contribution in [3.63, 3.8) is 0 Å². The smallest absolute Gasteiger partial charge is 0.0733 e. The summed E-state index contributed by atoms with van der Waals surface area (Å²) in [6, 6.07) is 8.50. The molecule has 0 aromatic heterocycles. The van der Waals surface area contributed by atoms with E-state index >= 15 is 0 Å². The summed E-state index contributed by atoms with van der Waals surface area (Å²) in [5.74, 6) is 0. The summed E-state index contributed by atoms with van der Waals surface area (Å²) in [5, 5.41) is 11.1. The number of rotatable bonds is 1. The van der Waals surface area contributed by atoms with Crippen molar-refractivity contribution in [1.29, 1.82) is 0 Å². The van der Waals surface area contributed by atoms with Crippen LogP contribution in [0, 0.1) is 13.0 Å². The van der Waals surface area contributed by atoms with Crippen molar-refractivity contribution in [2.24, 2.45) is 5.16 Å². The van der Waals surface area contributed by atoms with Crippen molar-refractivity contribution in [3.8, 4) is 0 Å². The van der Waals surface area contributed by atoms with Gasteiger partial charge in [-0.2, -0.15) is 0 Å². The maximum atomic E-state index is 8.17. The number of nitrogens with zero attached hydrogens (tertiary/aromatic N) is 1. The number of hydrogen-bond acceptors (Lipinski definition) is 2. The third-order valence-corrected chi connectivity index (χ3v) is 1.18. The third kappa shape index (κ3) is 1.58. The second-order valence-corrected chi connectivity index (χ2v) is 2.05. The van der Waals surface area contributed by atoms with Crippen LogP contribution in [0.1, 0.15) is 11.1 Å². The molecule has 0 aliphatic heterocycles. The molecule has 2 heteroatoms. The standard InChI is InChI=1S/C8H8NO/c1-7-3-2-4-8(5-7)6-9-10/h2,4-6,10H,1H3. The topological polar surface area (TPSA) is 32.6 Å². The Morgan fingerprint density at radius 2 is 2.50 bits per heavy atom. The maximum Gasteiger partial charge on any atom is 0.0733 e. The molecule has 0 heterocycles. The van der Waals surface area contributed by atoms with Gasteiger partial charge in [0.15, 0.2) is 0 Å². The first-order chi connectivity index (χ1) is 4.83. The zero-order chi connectivity index (χ0) is 7.40. The number of hydrogen-bond donors (Lipinski definition) is 1. The predicted octanol–water partition coefficient (Wildman–Crippen LogP) is 1.60. The summed E-state index contributed by atoms with van der Waals surface area (Å²) in [6.07, 6.45) is 1.39. The third-order valence-electron chi connectivity index (χ3n) is 1.18. The Labute approximate surface area is 59.8 Å². The average Bonchev–Trinajstić information content (AvgIpc) is 1.88. The van der Waals surface area contributed by atoms with Gasteiger partial charge in [-0.1, -0.05) is 17.3 Å². The van der Waals surface area contributed by atoms with Crippen molar-refractivity contribution < 1.29 is 5.21 Å². The lowest BCUT2D eigenvalue weighted by atomic mass is 10.2. The summed E-state index contributed by atoms with van der Waals surface area (Å²) < 4.78 is 0. The Kier molecular flexibility index (Phi) is 2.05. The van der Waals surface area contributed by atoms with Gasteiger partial charge < -0.3 is 5.21 Å². The van der Waals surface area contributed by atoms with E-state index in [0.717, 1.165) is 11.1 Å². The fraction of sp³-hybridized carbons (Fsp3) is 0.125. The molecule has 0 aliphatic carbocycles. The molecule has 0 saturated carbocycles. The molecular formula is C8H8NO. The molecule has 0 amide bonds. The molecule has 1 aromatic rings. The van der Waals surface area contributed by atoms with Gasteiger partial charge in [0.2, 0.25) is 0 Å². The number of oxime groups is 1. The van der Waals surface area contributed by atoms with Crippen molar-refractivity contribution in [2.45, 2.75) is 6.92 Å². The summed E-state index contributed by atoms with van der Waals surface area (Å²) in [5.41, 5.74) is 1.93. The van der Waals surface area contributed by atoms with Gasteiger partial charge in [0, 0.05) is 0 Å². The Morgan fingerprint density at radius 1 is 1.70 bits per heavy atom. The van der Waals surface area contributed by atoms with E-state index in [4.69, 9.17) is 5.21 Å². The zero-order valence-electron chi connectivity index (χ0n) is 5.70. The van der Waals surface area contributed by atoms with Crippen LogP contribution in [0.15, 0.2) is 23.4 Å². The molecule has 51 valence electrons. The molecule has 0 atom stereocenters. The largest absolute Gasteiger partial charge is 0.411 e. The SMILES string of the molecule is Cc1[c]ccc(C=NO)c1. The van der Waals surface area contributed by atoms with Crippen LogP contribution in [0.25, 0.3) is 0 Å². The molecule has 0 unspecified atom stereocenters. The molecular weight excluding hydrogens is 126 g/mol. The second kappa shape index (κ2) is 3.01. The Bertz CT molecular complexity index is 243. The van der Waals surface area contributed by atoms with E-state index in [0.29, 0.717) is 0 Å². The molecule has 1 N–H and O–H groups in total. The van der Waals surface area contributed by atoms with Crippen LogP contribution >= 0.6 is 0 Å². The highest BCUT2D eigenvalue weighted by atomic mass is 16.4. The van der Waals surface area contributed by atoms with E-state index in [-0.39, 0.29) is 0 Å². The van der Waals surface area contributed by atoms with E-state index in [9.17, 15) is 0 Å². The van der Waals surface area contributed by atoms with Crippen molar-refractivity contribution in [3.05, 3.63) is 35.4 Å². The van der Waals surface area contributed by atoms with E-state index in [2.05, 4.69) is 11.2 Å². The lowest BCUT2D eigenvalue weighted by molar-refractivity contribution is 0.322. The van der Waals surface area contributed by atoms with Crippen molar-refractivity contribution >= 4 is 6.21 Å². The maximum absolute atomic E-state index is 8.17. The highest BCUT2D eigenvalue weighted by Gasteiger charge is 1.86. The molecule has 0 fully saturated rings. The van der Waals surface area contributed by atoms with E-state index < -0.39 is 0 Å². The summed E-state index contributed by atoms with van der Waals surface area (Å²) in [6.45, 7) is 1.94. The molecule has 2 nitrogen and oxygen atoms in total. The lowest BCUT2D eigenvalue weighted by Crippen LogP contribution is -1.80. The van der Waals surface area contributed by atoms with Gasteiger partial charge in [-0.3, -0.25) is 0 Å². The van der Waals surface area contributed by atoms with Crippen LogP contribution in [0.5, 0.6) is 0 Å². The summed E-state index contributed by atoms with van der Waals surface area (Å²) in [7, 11) is 0. The van der Waals surface area contributed by atoms with Gasteiger partial charge in [0.1, 0.15) is 0 Å². The van der Waals surface area contributed by atoms with Gasteiger partial charge in [-0.25, -0.2) is 0 Å². The fourth-order valence-corrected chi connectivity index (χ4v) is 0.756. The monoisotopic (exact) mass is 134 g/mol. The first-order valence-corrected chi connectivity index (χ1v) is 2.98. The molecule has 10 heavy (non-hydrogen) atoms. The van der Waals surface area contributed by atoms with E-state index in [1.807, 2.05) is 19.1 Å². The molecule has 0 bridgehead atoms. The van der Waals surface area contributed by atoms with Crippen LogP contribution in [0.3, 0.4) is 0 Å². The predicted molar refractivity (Wildman–Crippen MR) is 39.4 cm³/mol. The minimum absolute atomic E-state index is 0.888. The van der Waals surface area contributed by atoms with Crippen LogP contribution in [0.2, 0.25) is 0 Å². The zero-order valence-corrected chi connectivity index (χ0v) is 5.70.